The lowest BCUT2D eigenvalue weighted by molar-refractivity contribution is 0.0773. The maximum atomic E-state index is 6.11. The molecule has 7 nitrogen and oxygen atoms in total. The lowest BCUT2D eigenvalue weighted by Crippen LogP contribution is -2.34. The summed E-state index contributed by atoms with van der Waals surface area (Å²) in [4.78, 5) is 8.74. The van der Waals surface area contributed by atoms with Gasteiger partial charge in [-0.05, 0) is 40.8 Å². The van der Waals surface area contributed by atoms with E-state index in [2.05, 4.69) is 43.7 Å². The summed E-state index contributed by atoms with van der Waals surface area (Å²) in [6.45, 7) is 2.22. The molecule has 0 radical (unpaired) electrons. The first-order chi connectivity index (χ1) is 13.8. The van der Waals surface area contributed by atoms with Crippen LogP contribution in [0.3, 0.4) is 0 Å². The van der Waals surface area contributed by atoms with Crippen LogP contribution in [0.2, 0.25) is 0 Å². The number of morpholine rings is 1. The molecule has 1 aliphatic rings. The van der Waals surface area contributed by atoms with Crippen molar-refractivity contribution in [1.29, 1.82) is 0 Å². The van der Waals surface area contributed by atoms with Gasteiger partial charge in [0.15, 0.2) is 0 Å². The summed E-state index contributed by atoms with van der Waals surface area (Å²) < 4.78 is 5.69. The number of hydrogen-bond acceptors (Lipinski definition) is 6. The van der Waals surface area contributed by atoms with E-state index in [1.54, 1.807) is 6.20 Å². The molecule has 1 aromatic carbocycles. The van der Waals surface area contributed by atoms with Crippen molar-refractivity contribution in [2.75, 3.05) is 25.5 Å². The first-order valence-electron chi connectivity index (χ1n) is 9.23. The number of hydrogen-bond donors (Lipinski definition) is 3. The molecule has 1 aliphatic heterocycles. The number of anilines is 1. The van der Waals surface area contributed by atoms with Crippen molar-refractivity contribution in [3.05, 3.63) is 60.8 Å². The smallest absolute Gasteiger partial charge is 0.131 e. The van der Waals surface area contributed by atoms with Gasteiger partial charge in [-0.15, -0.1) is 0 Å². The Labute approximate surface area is 162 Å². The zero-order valence-electron chi connectivity index (χ0n) is 15.2. The molecular formula is C21H20N6O. The van der Waals surface area contributed by atoms with E-state index < -0.39 is 0 Å². The summed E-state index contributed by atoms with van der Waals surface area (Å²) in [7, 11) is 0. The number of benzene rings is 1. The summed E-state index contributed by atoms with van der Waals surface area (Å²) in [5.41, 5.74) is 11.2. The fourth-order valence-electron chi connectivity index (χ4n) is 3.71. The van der Waals surface area contributed by atoms with Gasteiger partial charge < -0.3 is 15.8 Å². The molecule has 1 fully saturated rings. The number of pyridine rings is 2. The Morgan fingerprint density at radius 3 is 2.86 bits per heavy atom. The second-order valence-corrected chi connectivity index (χ2v) is 6.89. The number of nitrogen functional groups attached to an aromatic ring is 1. The number of H-pyrrole nitrogens is 1. The first-order valence-corrected chi connectivity index (χ1v) is 9.23. The van der Waals surface area contributed by atoms with E-state index in [9.17, 15) is 0 Å². The average Bonchev–Trinajstić information content (AvgIpc) is 3.28. The summed E-state index contributed by atoms with van der Waals surface area (Å²) in [6, 6.07) is 8.59. The van der Waals surface area contributed by atoms with Crippen LogP contribution in [-0.4, -0.2) is 39.9 Å². The van der Waals surface area contributed by atoms with Gasteiger partial charge in [0.2, 0.25) is 0 Å². The Balaban J connectivity index is 1.66. The number of ether oxygens (including phenoxy) is 1. The van der Waals surface area contributed by atoms with E-state index in [0.29, 0.717) is 12.4 Å². The predicted molar refractivity (Wildman–Crippen MR) is 109 cm³/mol. The Kier molecular flexibility index (Phi) is 4.23. The minimum atomic E-state index is 0.135. The van der Waals surface area contributed by atoms with Crippen LogP contribution in [0.5, 0.6) is 0 Å². The second kappa shape index (κ2) is 7.03. The van der Waals surface area contributed by atoms with Gasteiger partial charge in [-0.2, -0.15) is 5.10 Å². The molecule has 1 saturated heterocycles. The summed E-state index contributed by atoms with van der Waals surface area (Å²) in [6.07, 6.45) is 9.12. The number of aromatic nitrogens is 4. The normalized spacial score (nSPS) is 17.1. The third kappa shape index (κ3) is 3.00. The molecule has 28 heavy (non-hydrogen) atoms. The number of nitrogens with two attached hydrogens (primary N) is 1. The fraction of sp³-hybridized carbons (Fsp3) is 0.190. The zero-order chi connectivity index (χ0) is 18.9. The maximum Gasteiger partial charge on any atom is 0.131 e. The predicted octanol–water partition coefficient (Wildman–Crippen LogP) is 2.93. The van der Waals surface area contributed by atoms with Crippen molar-refractivity contribution >= 4 is 16.6 Å². The van der Waals surface area contributed by atoms with Crippen LogP contribution in [-0.2, 0) is 4.74 Å². The Morgan fingerprint density at radius 1 is 1.07 bits per heavy atom. The Bertz CT molecular complexity index is 1120. The summed E-state index contributed by atoms with van der Waals surface area (Å²) >= 11 is 0. The molecule has 0 saturated carbocycles. The Morgan fingerprint density at radius 2 is 2.04 bits per heavy atom. The molecule has 7 heteroatoms. The number of rotatable bonds is 3. The molecule has 0 amide bonds. The van der Waals surface area contributed by atoms with Crippen molar-refractivity contribution in [2.45, 2.75) is 6.04 Å². The maximum absolute atomic E-state index is 6.11. The third-order valence-electron chi connectivity index (χ3n) is 5.15. The van der Waals surface area contributed by atoms with E-state index in [1.807, 2.05) is 30.9 Å². The highest BCUT2D eigenvalue weighted by atomic mass is 16.5. The molecule has 0 bridgehead atoms. The monoisotopic (exact) mass is 372 g/mol. The largest absolute Gasteiger partial charge is 0.383 e. The SMILES string of the molecule is Nc1ncc(-c2cc(C3COCCN3)c3cnccc3c2)cc1-c1cn[nH]c1. The molecule has 0 aliphatic carbocycles. The van der Waals surface area contributed by atoms with Crippen molar-refractivity contribution in [2.24, 2.45) is 0 Å². The molecule has 4 aromatic rings. The Hall–Kier alpha value is -3.29. The molecule has 140 valence electrons. The molecule has 5 rings (SSSR count). The van der Waals surface area contributed by atoms with Crippen molar-refractivity contribution in [3.8, 4) is 22.3 Å². The number of nitrogens with one attached hydrogen (secondary N) is 2. The van der Waals surface area contributed by atoms with Crippen molar-refractivity contribution in [3.63, 3.8) is 0 Å². The minimum absolute atomic E-state index is 0.135. The van der Waals surface area contributed by atoms with Gasteiger partial charge in [0.1, 0.15) is 5.82 Å². The highest BCUT2D eigenvalue weighted by molar-refractivity contribution is 5.91. The number of fused-ring (bicyclic) bond motifs is 1. The highest BCUT2D eigenvalue weighted by Gasteiger charge is 2.19. The van der Waals surface area contributed by atoms with Crippen molar-refractivity contribution in [1.82, 2.24) is 25.5 Å². The van der Waals surface area contributed by atoms with Crippen LogP contribution in [0.15, 0.2) is 55.2 Å². The molecule has 4 heterocycles. The summed E-state index contributed by atoms with van der Waals surface area (Å²) in [5, 5.41) is 12.7. The molecule has 1 atom stereocenters. The van der Waals surface area contributed by atoms with E-state index in [1.165, 1.54) is 5.56 Å². The zero-order valence-corrected chi connectivity index (χ0v) is 15.2. The second-order valence-electron chi connectivity index (χ2n) is 6.89. The van der Waals surface area contributed by atoms with Crippen LogP contribution in [0.25, 0.3) is 33.0 Å². The van der Waals surface area contributed by atoms with E-state index in [-0.39, 0.29) is 6.04 Å². The molecule has 4 N–H and O–H groups in total. The van der Waals surface area contributed by atoms with E-state index in [4.69, 9.17) is 10.5 Å². The van der Waals surface area contributed by atoms with Gasteiger partial charge in [0.25, 0.3) is 0 Å². The summed E-state index contributed by atoms with van der Waals surface area (Å²) in [5.74, 6) is 0.484. The van der Waals surface area contributed by atoms with Crippen LogP contribution < -0.4 is 11.1 Å². The van der Waals surface area contributed by atoms with Gasteiger partial charge in [-0.1, -0.05) is 0 Å². The average molecular weight is 372 g/mol. The lowest BCUT2D eigenvalue weighted by Gasteiger charge is -2.26. The van der Waals surface area contributed by atoms with Gasteiger partial charge in [0, 0.05) is 53.4 Å². The van der Waals surface area contributed by atoms with Crippen LogP contribution in [0.4, 0.5) is 5.82 Å². The van der Waals surface area contributed by atoms with E-state index in [0.717, 1.165) is 46.2 Å². The van der Waals surface area contributed by atoms with Gasteiger partial charge in [-0.25, -0.2) is 4.98 Å². The molecular weight excluding hydrogens is 352 g/mol. The van der Waals surface area contributed by atoms with Gasteiger partial charge in [-0.3, -0.25) is 10.1 Å². The first kappa shape index (κ1) is 16.9. The minimum Gasteiger partial charge on any atom is -0.383 e. The quantitative estimate of drug-likeness (QED) is 0.511. The van der Waals surface area contributed by atoms with Crippen LogP contribution >= 0.6 is 0 Å². The topological polar surface area (TPSA) is 102 Å². The molecule has 3 aromatic heterocycles. The molecule has 1 unspecified atom stereocenters. The molecule has 0 spiro atoms. The van der Waals surface area contributed by atoms with Gasteiger partial charge in [0.05, 0.1) is 25.5 Å². The fourth-order valence-corrected chi connectivity index (χ4v) is 3.71. The number of aromatic amines is 1. The van der Waals surface area contributed by atoms with Gasteiger partial charge >= 0.3 is 0 Å². The van der Waals surface area contributed by atoms with E-state index >= 15 is 0 Å². The number of nitrogens with zero attached hydrogens (tertiary/aromatic N) is 3. The third-order valence-corrected chi connectivity index (χ3v) is 5.15. The highest BCUT2D eigenvalue weighted by Crippen LogP contribution is 2.34. The van der Waals surface area contributed by atoms with Crippen LogP contribution in [0, 0.1) is 0 Å². The van der Waals surface area contributed by atoms with Crippen LogP contribution in [0.1, 0.15) is 11.6 Å². The lowest BCUT2D eigenvalue weighted by atomic mass is 9.93. The standard InChI is InChI=1S/C21H20N6O/c22-21-17(16-9-26-27-10-16)7-15(8-25-21)14-5-13-1-2-23-11-19(13)18(6-14)20-12-28-4-3-24-20/h1-2,5-11,20,24H,3-4,12H2,(H2,22,25)(H,26,27). The van der Waals surface area contributed by atoms with Crippen molar-refractivity contribution < 1.29 is 4.74 Å².